The van der Waals surface area contributed by atoms with Crippen molar-refractivity contribution in [3.05, 3.63) is 60.7 Å². The van der Waals surface area contributed by atoms with Crippen molar-refractivity contribution in [1.29, 1.82) is 0 Å². The van der Waals surface area contributed by atoms with E-state index in [0.717, 1.165) is 6.42 Å². The van der Waals surface area contributed by atoms with Crippen molar-refractivity contribution in [1.82, 2.24) is 0 Å². The maximum absolute atomic E-state index is 3.99. The van der Waals surface area contributed by atoms with Crippen LogP contribution in [0.25, 0.3) is 0 Å². The van der Waals surface area contributed by atoms with Crippen LogP contribution in [0.3, 0.4) is 0 Å². The topological polar surface area (TPSA) is 0 Å². The van der Waals surface area contributed by atoms with E-state index in [9.17, 15) is 0 Å². The van der Waals surface area contributed by atoms with Crippen molar-refractivity contribution < 1.29 is 0 Å². The van der Waals surface area contributed by atoms with Gasteiger partial charge in [-0.3, -0.25) is 0 Å². The van der Waals surface area contributed by atoms with Gasteiger partial charge in [-0.25, -0.2) is 0 Å². The predicted octanol–water partition coefficient (Wildman–Crippen LogP) is 4.73. The normalized spacial score (nSPS) is 27.9. The minimum Gasteiger partial charge on any atom is -0.103 e. The second-order valence-corrected chi connectivity index (χ2v) is 5.07. The molecule has 0 amide bonds. The smallest absolute Gasteiger partial charge is 0.00933 e. The van der Waals surface area contributed by atoms with E-state index in [-0.39, 0.29) is 0 Å². The van der Waals surface area contributed by atoms with E-state index in [0.29, 0.717) is 17.8 Å². The first-order chi connectivity index (χ1) is 8.28. The second kappa shape index (κ2) is 5.35. The fraction of sp³-hybridized carbons (Fsp3) is 0.412. The number of rotatable bonds is 4. The lowest BCUT2D eigenvalue weighted by Crippen LogP contribution is -2.02. The Labute approximate surface area is 105 Å². The third-order valence-corrected chi connectivity index (χ3v) is 4.10. The lowest BCUT2D eigenvalue weighted by Gasteiger charge is -2.16. The monoisotopic (exact) mass is 226 g/mol. The number of benzene rings is 1. The third-order valence-electron chi connectivity index (χ3n) is 4.10. The van der Waals surface area contributed by atoms with Gasteiger partial charge < -0.3 is 0 Å². The van der Waals surface area contributed by atoms with Gasteiger partial charge in [0.2, 0.25) is 0 Å². The van der Waals surface area contributed by atoms with Crippen LogP contribution >= 0.6 is 0 Å². The molecule has 2 rings (SSSR count). The Kier molecular flexibility index (Phi) is 3.83. The molecular formula is C17H22. The van der Waals surface area contributed by atoms with E-state index in [2.05, 4.69) is 56.5 Å². The summed E-state index contributed by atoms with van der Waals surface area (Å²) in [5.41, 5.74) is 2.89. The van der Waals surface area contributed by atoms with Gasteiger partial charge in [0, 0.05) is 0 Å². The lowest BCUT2D eigenvalue weighted by atomic mass is 9.88. The maximum Gasteiger partial charge on any atom is -0.00933 e. The fourth-order valence-electron chi connectivity index (χ4n) is 2.95. The Balaban J connectivity index is 2.19. The first-order valence-corrected chi connectivity index (χ1v) is 6.62. The van der Waals surface area contributed by atoms with Gasteiger partial charge in [-0.15, -0.1) is 13.2 Å². The van der Waals surface area contributed by atoms with E-state index in [1.54, 1.807) is 0 Å². The molecule has 0 heterocycles. The number of hydrogen-bond acceptors (Lipinski definition) is 0. The molecule has 1 aromatic carbocycles. The van der Waals surface area contributed by atoms with Crippen molar-refractivity contribution >= 4 is 0 Å². The molecule has 0 spiro atoms. The first-order valence-electron chi connectivity index (χ1n) is 6.62. The van der Waals surface area contributed by atoms with Crippen LogP contribution < -0.4 is 0 Å². The largest absolute Gasteiger partial charge is 0.103 e. The van der Waals surface area contributed by atoms with E-state index < -0.39 is 0 Å². The molecule has 0 aliphatic heterocycles. The summed E-state index contributed by atoms with van der Waals surface area (Å²) in [5, 5.41) is 0. The minimum absolute atomic E-state index is 0.616. The highest BCUT2D eigenvalue weighted by Crippen LogP contribution is 2.44. The number of hydrogen-bond donors (Lipinski definition) is 0. The molecule has 17 heavy (non-hydrogen) atoms. The van der Waals surface area contributed by atoms with E-state index in [1.807, 2.05) is 0 Å². The Hall–Kier alpha value is -1.30. The SMILES string of the molecule is C=CC1CC(C=C)C(c2ccc(CC)cc2)C1. The van der Waals surface area contributed by atoms with Crippen LogP contribution in [0.1, 0.15) is 36.8 Å². The Morgan fingerprint density at radius 2 is 1.82 bits per heavy atom. The van der Waals surface area contributed by atoms with Crippen molar-refractivity contribution in [3.63, 3.8) is 0 Å². The number of allylic oxidation sites excluding steroid dienone is 2. The third kappa shape index (κ3) is 2.52. The molecule has 3 unspecified atom stereocenters. The molecule has 0 saturated heterocycles. The summed E-state index contributed by atoms with van der Waals surface area (Å²) in [5.74, 6) is 1.92. The van der Waals surface area contributed by atoms with E-state index in [4.69, 9.17) is 0 Å². The van der Waals surface area contributed by atoms with Crippen LogP contribution in [-0.4, -0.2) is 0 Å². The van der Waals surface area contributed by atoms with Gasteiger partial charge >= 0.3 is 0 Å². The quantitative estimate of drug-likeness (QED) is 0.651. The molecule has 1 aliphatic carbocycles. The van der Waals surface area contributed by atoms with Crippen molar-refractivity contribution in [3.8, 4) is 0 Å². The molecule has 0 N–H and O–H groups in total. The standard InChI is InChI=1S/C17H22/c1-4-13-7-9-16(10-8-13)17-12-14(5-2)11-15(17)6-3/h5-10,14-15,17H,2-4,11-12H2,1H3. The van der Waals surface area contributed by atoms with Gasteiger partial charge in [-0.1, -0.05) is 43.3 Å². The van der Waals surface area contributed by atoms with Gasteiger partial charge in [0.1, 0.15) is 0 Å². The molecule has 90 valence electrons. The van der Waals surface area contributed by atoms with Crippen molar-refractivity contribution in [2.24, 2.45) is 11.8 Å². The van der Waals surface area contributed by atoms with Crippen LogP contribution in [0.5, 0.6) is 0 Å². The molecule has 0 bridgehead atoms. The summed E-state index contributed by atoms with van der Waals surface area (Å²) in [6.07, 6.45) is 7.79. The average Bonchev–Trinajstić information content (AvgIpc) is 2.82. The van der Waals surface area contributed by atoms with E-state index >= 15 is 0 Å². The predicted molar refractivity (Wildman–Crippen MR) is 75.2 cm³/mol. The Morgan fingerprint density at radius 3 is 2.35 bits per heavy atom. The molecule has 3 atom stereocenters. The summed E-state index contributed by atoms with van der Waals surface area (Å²) in [6, 6.07) is 9.12. The fourth-order valence-corrected chi connectivity index (χ4v) is 2.95. The summed E-state index contributed by atoms with van der Waals surface area (Å²) in [7, 11) is 0. The molecule has 0 radical (unpaired) electrons. The van der Waals surface area contributed by atoms with Crippen LogP contribution in [0.4, 0.5) is 0 Å². The molecule has 0 heteroatoms. The molecule has 1 fully saturated rings. The highest BCUT2D eigenvalue weighted by atomic mass is 14.4. The van der Waals surface area contributed by atoms with Gasteiger partial charge in [-0.2, -0.15) is 0 Å². The second-order valence-electron chi connectivity index (χ2n) is 5.07. The number of aryl methyl sites for hydroxylation is 1. The van der Waals surface area contributed by atoms with Crippen LogP contribution in [0.15, 0.2) is 49.6 Å². The first kappa shape index (κ1) is 12.2. The van der Waals surface area contributed by atoms with Crippen LogP contribution in [0.2, 0.25) is 0 Å². The summed E-state index contributed by atoms with van der Waals surface area (Å²) >= 11 is 0. The summed E-state index contributed by atoms with van der Waals surface area (Å²) in [4.78, 5) is 0. The maximum atomic E-state index is 3.99. The van der Waals surface area contributed by atoms with Gasteiger partial charge in [0.25, 0.3) is 0 Å². The van der Waals surface area contributed by atoms with Crippen molar-refractivity contribution in [2.45, 2.75) is 32.1 Å². The lowest BCUT2D eigenvalue weighted by molar-refractivity contribution is 0.591. The van der Waals surface area contributed by atoms with Gasteiger partial charge in [-0.05, 0) is 48.1 Å². The highest BCUT2D eigenvalue weighted by Gasteiger charge is 2.31. The van der Waals surface area contributed by atoms with E-state index in [1.165, 1.54) is 24.0 Å². The molecule has 0 aromatic heterocycles. The molecular weight excluding hydrogens is 204 g/mol. The molecule has 1 saturated carbocycles. The highest BCUT2D eigenvalue weighted by molar-refractivity contribution is 5.28. The summed E-state index contributed by atoms with van der Waals surface area (Å²) in [6.45, 7) is 10.1. The zero-order valence-corrected chi connectivity index (χ0v) is 10.7. The van der Waals surface area contributed by atoms with Crippen LogP contribution in [-0.2, 0) is 6.42 Å². The van der Waals surface area contributed by atoms with Crippen LogP contribution in [0, 0.1) is 11.8 Å². The molecule has 1 aliphatic rings. The average molecular weight is 226 g/mol. The Morgan fingerprint density at radius 1 is 1.12 bits per heavy atom. The van der Waals surface area contributed by atoms with Gasteiger partial charge in [0.15, 0.2) is 0 Å². The van der Waals surface area contributed by atoms with Gasteiger partial charge in [0.05, 0.1) is 0 Å². The zero-order valence-electron chi connectivity index (χ0n) is 10.7. The minimum atomic E-state index is 0.616. The molecule has 1 aromatic rings. The zero-order chi connectivity index (χ0) is 12.3. The van der Waals surface area contributed by atoms with Crippen molar-refractivity contribution in [2.75, 3.05) is 0 Å². The summed E-state index contributed by atoms with van der Waals surface area (Å²) < 4.78 is 0. The molecule has 0 nitrogen and oxygen atoms in total. The Bertz CT molecular complexity index is 385.